The first-order chi connectivity index (χ1) is 7.66. The number of rotatable bonds is 2. The summed E-state index contributed by atoms with van der Waals surface area (Å²) >= 11 is 0. The van der Waals surface area contributed by atoms with E-state index in [1.165, 1.54) is 5.56 Å². The highest BCUT2D eigenvalue weighted by atomic mass is 16.5. The first-order valence-corrected chi connectivity index (χ1v) is 5.64. The first kappa shape index (κ1) is 10.9. The number of cyclic esters (lactones) is 1. The molecule has 2 nitrogen and oxygen atoms in total. The van der Waals surface area contributed by atoms with Gasteiger partial charge in [-0.2, -0.15) is 0 Å². The quantitative estimate of drug-likeness (QED) is 0.560. The number of ether oxygens (including phenoxy) is 1. The van der Waals surface area contributed by atoms with Crippen LogP contribution in [0.1, 0.15) is 37.3 Å². The van der Waals surface area contributed by atoms with Crippen molar-refractivity contribution in [2.24, 2.45) is 0 Å². The number of benzene rings is 1. The van der Waals surface area contributed by atoms with Crippen LogP contribution in [0.3, 0.4) is 0 Å². The summed E-state index contributed by atoms with van der Waals surface area (Å²) in [5.74, 6) is 0.367. The fraction of sp³-hybridized carbons (Fsp3) is 0.357. The van der Waals surface area contributed by atoms with E-state index in [0.29, 0.717) is 12.5 Å². The molecule has 2 heteroatoms. The number of carbonyl (C=O) groups is 1. The van der Waals surface area contributed by atoms with E-state index in [9.17, 15) is 4.79 Å². The number of hydrogen-bond donors (Lipinski definition) is 0. The Morgan fingerprint density at radius 1 is 1.25 bits per heavy atom. The Balaban J connectivity index is 2.19. The Kier molecular flexibility index (Phi) is 3.09. The van der Waals surface area contributed by atoms with Crippen LogP contribution >= 0.6 is 0 Å². The average molecular weight is 216 g/mol. The zero-order valence-electron chi connectivity index (χ0n) is 9.69. The smallest absolute Gasteiger partial charge is 0.334 e. The second-order valence-corrected chi connectivity index (χ2v) is 4.38. The molecule has 1 aliphatic heterocycles. The molecular weight excluding hydrogens is 200 g/mol. The lowest BCUT2D eigenvalue weighted by atomic mass is 10.0. The van der Waals surface area contributed by atoms with Gasteiger partial charge in [0, 0.05) is 12.0 Å². The number of esters is 1. The van der Waals surface area contributed by atoms with Crippen LogP contribution in [0.25, 0.3) is 6.08 Å². The van der Waals surface area contributed by atoms with Crippen LogP contribution in [0.5, 0.6) is 0 Å². The summed E-state index contributed by atoms with van der Waals surface area (Å²) < 4.78 is 4.89. The van der Waals surface area contributed by atoms with Crippen molar-refractivity contribution in [1.82, 2.24) is 0 Å². The Morgan fingerprint density at radius 3 is 2.44 bits per heavy atom. The average Bonchev–Trinajstić information content (AvgIpc) is 2.65. The van der Waals surface area contributed by atoms with E-state index < -0.39 is 0 Å². The molecule has 0 aliphatic carbocycles. The Hall–Kier alpha value is -1.57. The molecule has 1 aromatic carbocycles. The molecule has 0 spiro atoms. The summed E-state index contributed by atoms with van der Waals surface area (Å²) in [6.07, 6.45) is 2.64. The van der Waals surface area contributed by atoms with Crippen LogP contribution < -0.4 is 0 Å². The lowest BCUT2D eigenvalue weighted by Gasteiger charge is -2.04. The molecule has 1 aromatic rings. The summed E-state index contributed by atoms with van der Waals surface area (Å²) in [6, 6.07) is 8.32. The van der Waals surface area contributed by atoms with Crippen LogP contribution in [0.15, 0.2) is 29.8 Å². The van der Waals surface area contributed by atoms with Crippen molar-refractivity contribution in [2.45, 2.75) is 26.2 Å². The molecule has 1 fully saturated rings. The molecule has 0 bridgehead atoms. The van der Waals surface area contributed by atoms with E-state index in [0.717, 1.165) is 17.6 Å². The topological polar surface area (TPSA) is 26.3 Å². The van der Waals surface area contributed by atoms with Gasteiger partial charge in [-0.1, -0.05) is 38.1 Å². The van der Waals surface area contributed by atoms with Crippen LogP contribution in [-0.4, -0.2) is 12.6 Å². The lowest BCUT2D eigenvalue weighted by Crippen LogP contribution is -1.94. The van der Waals surface area contributed by atoms with Crippen molar-refractivity contribution < 1.29 is 9.53 Å². The zero-order valence-corrected chi connectivity index (χ0v) is 9.69. The van der Waals surface area contributed by atoms with Gasteiger partial charge in [0.2, 0.25) is 0 Å². The maximum Gasteiger partial charge on any atom is 0.334 e. The Bertz CT molecular complexity index is 413. The fourth-order valence-corrected chi connectivity index (χ4v) is 1.76. The van der Waals surface area contributed by atoms with Crippen LogP contribution in [0, 0.1) is 0 Å². The van der Waals surface area contributed by atoms with Gasteiger partial charge < -0.3 is 4.74 Å². The zero-order chi connectivity index (χ0) is 11.5. The normalized spacial score (nSPS) is 18.2. The molecule has 2 rings (SSSR count). The predicted molar refractivity (Wildman–Crippen MR) is 64.1 cm³/mol. The molecule has 0 amide bonds. The van der Waals surface area contributed by atoms with Crippen molar-refractivity contribution in [2.75, 3.05) is 6.61 Å². The van der Waals surface area contributed by atoms with Crippen LogP contribution in [-0.2, 0) is 9.53 Å². The summed E-state index contributed by atoms with van der Waals surface area (Å²) in [5, 5.41) is 0. The molecule has 0 aromatic heterocycles. The second kappa shape index (κ2) is 4.52. The summed E-state index contributed by atoms with van der Waals surface area (Å²) in [7, 11) is 0. The molecule has 1 saturated heterocycles. The van der Waals surface area contributed by atoms with E-state index in [1.54, 1.807) is 0 Å². The minimum atomic E-state index is -0.173. The molecule has 0 N–H and O–H groups in total. The maximum atomic E-state index is 11.3. The standard InChI is InChI=1S/C14H16O2/c1-10(2)12-5-3-11(4-6-12)9-13-7-8-16-14(13)15/h3-6,9-10H,7-8H2,1-2H3/b13-9-. The van der Waals surface area contributed by atoms with Crippen molar-refractivity contribution >= 4 is 12.0 Å². The highest BCUT2D eigenvalue weighted by molar-refractivity contribution is 5.95. The Morgan fingerprint density at radius 2 is 1.94 bits per heavy atom. The highest BCUT2D eigenvalue weighted by Gasteiger charge is 2.17. The second-order valence-electron chi connectivity index (χ2n) is 4.38. The minimum absolute atomic E-state index is 0.173. The molecule has 0 atom stereocenters. The molecular formula is C14H16O2. The molecule has 0 saturated carbocycles. The molecule has 0 radical (unpaired) electrons. The highest BCUT2D eigenvalue weighted by Crippen LogP contribution is 2.19. The van der Waals surface area contributed by atoms with Gasteiger partial charge in [-0.25, -0.2) is 4.79 Å². The van der Waals surface area contributed by atoms with Crippen molar-refractivity contribution in [3.05, 3.63) is 41.0 Å². The molecule has 1 aliphatic rings. The third-order valence-electron chi connectivity index (χ3n) is 2.81. The summed E-state index contributed by atoms with van der Waals surface area (Å²) in [5.41, 5.74) is 3.16. The third-order valence-corrected chi connectivity index (χ3v) is 2.81. The first-order valence-electron chi connectivity index (χ1n) is 5.64. The van der Waals surface area contributed by atoms with Gasteiger partial charge in [0.15, 0.2) is 0 Å². The van der Waals surface area contributed by atoms with Gasteiger partial charge in [0.05, 0.1) is 6.61 Å². The van der Waals surface area contributed by atoms with Gasteiger partial charge >= 0.3 is 5.97 Å². The molecule has 0 unspecified atom stereocenters. The minimum Gasteiger partial charge on any atom is -0.462 e. The van der Waals surface area contributed by atoms with E-state index in [-0.39, 0.29) is 5.97 Å². The van der Waals surface area contributed by atoms with E-state index >= 15 is 0 Å². The number of hydrogen-bond acceptors (Lipinski definition) is 2. The largest absolute Gasteiger partial charge is 0.462 e. The number of carbonyl (C=O) groups excluding carboxylic acids is 1. The molecule has 84 valence electrons. The van der Waals surface area contributed by atoms with Crippen molar-refractivity contribution in [3.63, 3.8) is 0 Å². The SMILES string of the molecule is CC(C)c1ccc(/C=C2/CCOC2=O)cc1. The van der Waals surface area contributed by atoms with Gasteiger partial charge in [0.1, 0.15) is 0 Å². The third kappa shape index (κ3) is 2.32. The maximum absolute atomic E-state index is 11.3. The molecule has 1 heterocycles. The van der Waals surface area contributed by atoms with Crippen molar-refractivity contribution in [1.29, 1.82) is 0 Å². The van der Waals surface area contributed by atoms with Gasteiger partial charge in [0.25, 0.3) is 0 Å². The Labute approximate surface area is 95.9 Å². The summed E-state index contributed by atoms with van der Waals surface area (Å²) in [4.78, 5) is 11.3. The summed E-state index contributed by atoms with van der Waals surface area (Å²) in [6.45, 7) is 4.86. The predicted octanol–water partition coefficient (Wildman–Crippen LogP) is 3.14. The molecule has 16 heavy (non-hydrogen) atoms. The van der Waals surface area contributed by atoms with E-state index in [4.69, 9.17) is 4.74 Å². The lowest BCUT2D eigenvalue weighted by molar-refractivity contribution is -0.134. The monoisotopic (exact) mass is 216 g/mol. The van der Waals surface area contributed by atoms with E-state index in [2.05, 4.69) is 26.0 Å². The van der Waals surface area contributed by atoms with Gasteiger partial charge in [-0.05, 0) is 23.1 Å². The van der Waals surface area contributed by atoms with E-state index in [1.807, 2.05) is 18.2 Å². The van der Waals surface area contributed by atoms with Gasteiger partial charge in [-0.15, -0.1) is 0 Å². The van der Waals surface area contributed by atoms with Crippen LogP contribution in [0.2, 0.25) is 0 Å². The van der Waals surface area contributed by atoms with Crippen LogP contribution in [0.4, 0.5) is 0 Å². The van der Waals surface area contributed by atoms with Gasteiger partial charge in [-0.3, -0.25) is 0 Å². The fourth-order valence-electron chi connectivity index (χ4n) is 1.76. The van der Waals surface area contributed by atoms with Crippen molar-refractivity contribution in [3.8, 4) is 0 Å².